The molecule has 0 aliphatic carbocycles. The molecule has 1 saturated heterocycles. The van der Waals surface area contributed by atoms with Crippen molar-refractivity contribution in [1.82, 2.24) is 30.3 Å². The minimum Gasteiger partial charge on any atom is -0.343 e. The standard InChI is InChI=1S/C20H20N6O3/c27-17(13-23-19(28)14-4-9-21-10-5-14)26-11-6-15(7-12-26)20-24-18(25-29-20)16-3-1-2-8-22-16/h1-5,8-10,15H,6-7,11-13H2,(H,23,28). The minimum atomic E-state index is -0.288. The summed E-state index contributed by atoms with van der Waals surface area (Å²) in [6.45, 7) is 1.13. The third-order valence-electron chi connectivity index (χ3n) is 4.88. The Labute approximate surface area is 167 Å². The minimum absolute atomic E-state index is 0.0315. The predicted octanol–water partition coefficient (Wildman–Crippen LogP) is 1.66. The van der Waals surface area contributed by atoms with E-state index in [0.29, 0.717) is 36.1 Å². The van der Waals surface area contributed by atoms with Gasteiger partial charge in [0.05, 0.1) is 6.54 Å². The van der Waals surface area contributed by atoms with E-state index in [2.05, 4.69) is 25.4 Å². The lowest BCUT2D eigenvalue weighted by Gasteiger charge is -2.30. The topological polar surface area (TPSA) is 114 Å². The van der Waals surface area contributed by atoms with Crippen LogP contribution in [0.4, 0.5) is 0 Å². The molecular weight excluding hydrogens is 372 g/mol. The summed E-state index contributed by atoms with van der Waals surface area (Å²) in [5.74, 6) is 0.756. The number of likely N-dealkylation sites (tertiary alicyclic amines) is 1. The molecule has 148 valence electrons. The first-order valence-electron chi connectivity index (χ1n) is 9.42. The van der Waals surface area contributed by atoms with Gasteiger partial charge in [0, 0.05) is 43.2 Å². The molecule has 0 saturated carbocycles. The number of pyridine rings is 2. The zero-order valence-corrected chi connectivity index (χ0v) is 15.7. The molecule has 2 amide bonds. The summed E-state index contributed by atoms with van der Waals surface area (Å²) in [7, 11) is 0. The number of rotatable bonds is 5. The number of aromatic nitrogens is 4. The number of amides is 2. The summed E-state index contributed by atoms with van der Waals surface area (Å²) in [5, 5.41) is 6.67. The fourth-order valence-electron chi connectivity index (χ4n) is 3.25. The molecule has 1 N–H and O–H groups in total. The van der Waals surface area contributed by atoms with Gasteiger partial charge in [0.1, 0.15) is 5.69 Å². The van der Waals surface area contributed by atoms with E-state index in [1.54, 1.807) is 23.2 Å². The third kappa shape index (κ3) is 4.45. The van der Waals surface area contributed by atoms with Crippen molar-refractivity contribution in [3.8, 4) is 11.5 Å². The number of hydrogen-bond acceptors (Lipinski definition) is 7. The second-order valence-corrected chi connectivity index (χ2v) is 6.74. The Morgan fingerprint density at radius 3 is 2.62 bits per heavy atom. The zero-order chi connectivity index (χ0) is 20.1. The highest BCUT2D eigenvalue weighted by Gasteiger charge is 2.27. The highest BCUT2D eigenvalue weighted by Crippen LogP contribution is 2.28. The smallest absolute Gasteiger partial charge is 0.251 e. The van der Waals surface area contributed by atoms with E-state index >= 15 is 0 Å². The summed E-state index contributed by atoms with van der Waals surface area (Å²) >= 11 is 0. The summed E-state index contributed by atoms with van der Waals surface area (Å²) in [6, 6.07) is 8.74. The van der Waals surface area contributed by atoms with Crippen LogP contribution < -0.4 is 5.32 Å². The Bertz CT molecular complexity index is 968. The van der Waals surface area contributed by atoms with Crippen LogP contribution >= 0.6 is 0 Å². The largest absolute Gasteiger partial charge is 0.343 e. The highest BCUT2D eigenvalue weighted by molar-refractivity contribution is 5.96. The van der Waals surface area contributed by atoms with Crippen molar-refractivity contribution in [3.05, 3.63) is 60.4 Å². The van der Waals surface area contributed by atoms with Crippen molar-refractivity contribution in [2.24, 2.45) is 0 Å². The number of carbonyl (C=O) groups excluding carboxylic acids is 2. The van der Waals surface area contributed by atoms with Crippen LogP contribution in [-0.2, 0) is 4.79 Å². The molecule has 3 aromatic heterocycles. The Kier molecular flexibility index (Phi) is 5.55. The molecule has 1 fully saturated rings. The molecule has 1 aliphatic rings. The van der Waals surface area contributed by atoms with E-state index < -0.39 is 0 Å². The fourth-order valence-corrected chi connectivity index (χ4v) is 3.25. The van der Waals surface area contributed by atoms with Crippen molar-refractivity contribution >= 4 is 11.8 Å². The monoisotopic (exact) mass is 392 g/mol. The lowest BCUT2D eigenvalue weighted by atomic mass is 9.96. The molecule has 0 spiro atoms. The number of nitrogens with one attached hydrogen (secondary N) is 1. The average Bonchev–Trinajstić information content (AvgIpc) is 3.29. The summed E-state index contributed by atoms with van der Waals surface area (Å²) in [4.78, 5) is 38.8. The molecule has 0 aromatic carbocycles. The fraction of sp³-hybridized carbons (Fsp3) is 0.300. The Balaban J connectivity index is 1.28. The van der Waals surface area contributed by atoms with Gasteiger partial charge in [0.2, 0.25) is 17.6 Å². The zero-order valence-electron chi connectivity index (χ0n) is 15.7. The Morgan fingerprint density at radius 2 is 1.90 bits per heavy atom. The van der Waals surface area contributed by atoms with Crippen LogP contribution in [0.25, 0.3) is 11.5 Å². The molecule has 0 bridgehead atoms. The van der Waals surface area contributed by atoms with Crippen molar-refractivity contribution in [2.45, 2.75) is 18.8 Å². The number of hydrogen-bond donors (Lipinski definition) is 1. The van der Waals surface area contributed by atoms with Gasteiger partial charge in [-0.3, -0.25) is 19.6 Å². The van der Waals surface area contributed by atoms with Crippen molar-refractivity contribution in [2.75, 3.05) is 19.6 Å². The van der Waals surface area contributed by atoms with Crippen LogP contribution in [0, 0.1) is 0 Å². The van der Waals surface area contributed by atoms with Crippen LogP contribution in [0.1, 0.15) is 35.0 Å². The lowest BCUT2D eigenvalue weighted by Crippen LogP contribution is -2.43. The first-order valence-corrected chi connectivity index (χ1v) is 9.42. The molecule has 3 aromatic rings. The first kappa shape index (κ1) is 18.7. The van der Waals surface area contributed by atoms with Gasteiger partial charge in [-0.25, -0.2) is 0 Å². The molecule has 4 rings (SSSR count). The van der Waals surface area contributed by atoms with E-state index in [0.717, 1.165) is 12.8 Å². The lowest BCUT2D eigenvalue weighted by molar-refractivity contribution is -0.131. The Morgan fingerprint density at radius 1 is 1.10 bits per heavy atom. The summed E-state index contributed by atoms with van der Waals surface area (Å²) < 4.78 is 5.42. The average molecular weight is 392 g/mol. The normalized spacial score (nSPS) is 14.6. The predicted molar refractivity (Wildman–Crippen MR) is 103 cm³/mol. The first-order chi connectivity index (χ1) is 14.2. The van der Waals surface area contributed by atoms with Crippen molar-refractivity contribution in [3.63, 3.8) is 0 Å². The quantitative estimate of drug-likeness (QED) is 0.702. The summed E-state index contributed by atoms with van der Waals surface area (Å²) in [6.07, 6.45) is 6.22. The molecule has 4 heterocycles. The van der Waals surface area contributed by atoms with Crippen LogP contribution in [0.15, 0.2) is 53.4 Å². The Hall–Kier alpha value is -3.62. The molecular formula is C20H20N6O3. The number of piperidine rings is 1. The molecule has 9 nitrogen and oxygen atoms in total. The summed E-state index contributed by atoms with van der Waals surface area (Å²) in [5.41, 5.74) is 1.15. The van der Waals surface area contributed by atoms with Gasteiger partial charge in [-0.15, -0.1) is 0 Å². The van der Waals surface area contributed by atoms with Crippen LogP contribution in [0.3, 0.4) is 0 Å². The van der Waals surface area contributed by atoms with Crippen molar-refractivity contribution in [1.29, 1.82) is 0 Å². The third-order valence-corrected chi connectivity index (χ3v) is 4.88. The van der Waals surface area contributed by atoms with E-state index in [4.69, 9.17) is 4.52 Å². The molecule has 0 atom stereocenters. The van der Waals surface area contributed by atoms with Gasteiger partial charge < -0.3 is 14.7 Å². The van der Waals surface area contributed by atoms with Gasteiger partial charge in [-0.1, -0.05) is 11.2 Å². The number of nitrogens with zero attached hydrogens (tertiary/aromatic N) is 5. The van der Waals surface area contributed by atoms with Gasteiger partial charge in [0.25, 0.3) is 5.91 Å². The second kappa shape index (κ2) is 8.59. The van der Waals surface area contributed by atoms with Gasteiger partial charge in [-0.05, 0) is 37.1 Å². The van der Waals surface area contributed by atoms with E-state index in [1.807, 2.05) is 18.2 Å². The maximum absolute atomic E-state index is 12.4. The van der Waals surface area contributed by atoms with Crippen LogP contribution in [0.2, 0.25) is 0 Å². The molecule has 0 unspecified atom stereocenters. The van der Waals surface area contributed by atoms with Gasteiger partial charge >= 0.3 is 0 Å². The van der Waals surface area contributed by atoms with E-state index in [1.165, 1.54) is 12.4 Å². The number of carbonyl (C=O) groups is 2. The SMILES string of the molecule is O=C(NCC(=O)N1CCC(c2nc(-c3ccccn3)no2)CC1)c1ccncc1. The highest BCUT2D eigenvalue weighted by atomic mass is 16.5. The van der Waals surface area contributed by atoms with Crippen LogP contribution in [-0.4, -0.2) is 56.5 Å². The van der Waals surface area contributed by atoms with E-state index in [9.17, 15) is 9.59 Å². The molecule has 29 heavy (non-hydrogen) atoms. The maximum Gasteiger partial charge on any atom is 0.251 e. The van der Waals surface area contributed by atoms with Gasteiger partial charge in [0.15, 0.2) is 0 Å². The van der Waals surface area contributed by atoms with E-state index in [-0.39, 0.29) is 24.3 Å². The second-order valence-electron chi connectivity index (χ2n) is 6.74. The van der Waals surface area contributed by atoms with Crippen LogP contribution in [0.5, 0.6) is 0 Å². The molecule has 9 heteroatoms. The molecule has 1 aliphatic heterocycles. The van der Waals surface area contributed by atoms with Crippen molar-refractivity contribution < 1.29 is 14.1 Å². The van der Waals surface area contributed by atoms with Gasteiger partial charge in [-0.2, -0.15) is 4.98 Å². The maximum atomic E-state index is 12.4. The molecule has 0 radical (unpaired) electrons.